The first-order valence-corrected chi connectivity index (χ1v) is 9.75. The predicted molar refractivity (Wildman–Crippen MR) is 112 cm³/mol. The lowest BCUT2D eigenvalue weighted by atomic mass is 10.1. The molecule has 0 aromatic carbocycles. The average Bonchev–Trinajstić information content (AvgIpc) is 2.71. The van der Waals surface area contributed by atoms with Crippen molar-refractivity contribution in [2.75, 3.05) is 13.2 Å². The number of rotatable bonds is 15. The molecule has 0 radical (unpaired) electrons. The fraction of sp³-hybridized carbons (Fsp3) is 0.647. The number of carbonyl (C=O) groups is 5. The third-order valence-corrected chi connectivity index (χ3v) is 4.18. The Bertz CT molecular complexity index is 740. The molecule has 0 aliphatic carbocycles. The lowest BCUT2D eigenvalue weighted by Gasteiger charge is -2.25. The normalized spacial score (nSPS) is 15.2. The summed E-state index contributed by atoms with van der Waals surface area (Å²) in [7, 11) is 0. The van der Waals surface area contributed by atoms with Gasteiger partial charge in [-0.1, -0.05) is 0 Å². The first-order valence-electron chi connectivity index (χ1n) is 9.75. The second-order valence-corrected chi connectivity index (χ2v) is 7.02. The van der Waals surface area contributed by atoms with Crippen LogP contribution in [0.3, 0.4) is 0 Å². The van der Waals surface area contributed by atoms with Crippen LogP contribution < -0.4 is 33.2 Å². The molecule has 0 fully saturated rings. The second kappa shape index (κ2) is 14.5. The highest BCUT2D eigenvalue weighted by molar-refractivity contribution is 5.95. The molecule has 13 N–H and O–H groups in total. The largest absolute Gasteiger partial charge is 0.481 e. The number of guanidine groups is 1. The van der Waals surface area contributed by atoms with Gasteiger partial charge < -0.3 is 53.6 Å². The molecule has 5 unspecified atom stereocenters. The number of hydrogen-bond acceptors (Lipinski definition) is 9. The molecule has 5 atom stereocenters. The fourth-order valence-corrected chi connectivity index (χ4v) is 2.42. The molecule has 188 valence electrons. The molecule has 0 aliphatic rings. The third-order valence-electron chi connectivity index (χ3n) is 4.18. The lowest BCUT2D eigenvalue weighted by Crippen LogP contribution is -2.60. The van der Waals surface area contributed by atoms with Crippen LogP contribution in [-0.2, 0) is 24.0 Å². The van der Waals surface area contributed by atoms with Crippen molar-refractivity contribution in [3.05, 3.63) is 0 Å². The van der Waals surface area contributed by atoms with E-state index in [0.29, 0.717) is 6.42 Å². The van der Waals surface area contributed by atoms with E-state index in [4.69, 9.17) is 27.4 Å². The molecule has 0 aliphatic heterocycles. The van der Waals surface area contributed by atoms with Crippen LogP contribution in [0.2, 0.25) is 0 Å². The quantitative estimate of drug-likeness (QED) is 0.0601. The minimum atomic E-state index is -1.81. The monoisotopic (exact) mass is 477 g/mol. The Balaban J connectivity index is 5.08. The number of aliphatic carboxylic acids is 2. The van der Waals surface area contributed by atoms with Gasteiger partial charge in [-0.25, -0.2) is 4.79 Å². The van der Waals surface area contributed by atoms with Crippen molar-refractivity contribution < 1.29 is 44.4 Å². The highest BCUT2D eigenvalue weighted by atomic mass is 16.4. The standard InChI is InChI=1S/C17H31N7O9/c1-7(26)12(24-13(29)8(18)3-2-4-21-17(19)20)15(31)23-10(6-25)14(30)22-9(16(32)33)5-11(27)28/h7-10,12,25-26H,2-6,18H2,1H3,(H,22,30)(H,23,31)(H,24,29)(H,27,28)(H,32,33)(H4,19,20,21). The zero-order valence-corrected chi connectivity index (χ0v) is 17.9. The van der Waals surface area contributed by atoms with E-state index in [1.807, 2.05) is 5.32 Å². The Morgan fingerprint density at radius 2 is 1.52 bits per heavy atom. The molecule has 0 bridgehead atoms. The van der Waals surface area contributed by atoms with Crippen LogP contribution in [0.4, 0.5) is 0 Å². The van der Waals surface area contributed by atoms with Gasteiger partial charge >= 0.3 is 11.9 Å². The number of aliphatic hydroxyl groups excluding tert-OH is 2. The number of nitrogens with zero attached hydrogens (tertiary/aromatic N) is 1. The van der Waals surface area contributed by atoms with E-state index in [9.17, 15) is 34.2 Å². The van der Waals surface area contributed by atoms with Gasteiger partial charge in [-0.05, 0) is 19.8 Å². The van der Waals surface area contributed by atoms with Crippen LogP contribution in [-0.4, -0.2) is 99.5 Å². The van der Waals surface area contributed by atoms with Gasteiger partial charge in [-0.2, -0.15) is 0 Å². The molecule has 0 rings (SSSR count). The third kappa shape index (κ3) is 11.6. The molecular weight excluding hydrogens is 446 g/mol. The zero-order chi connectivity index (χ0) is 25.7. The molecule has 16 heteroatoms. The van der Waals surface area contributed by atoms with Crippen molar-refractivity contribution in [3.63, 3.8) is 0 Å². The smallest absolute Gasteiger partial charge is 0.326 e. The average molecular weight is 477 g/mol. The van der Waals surface area contributed by atoms with E-state index >= 15 is 0 Å². The molecule has 0 aromatic heterocycles. The highest BCUT2D eigenvalue weighted by Gasteiger charge is 2.32. The fourth-order valence-electron chi connectivity index (χ4n) is 2.42. The maximum atomic E-state index is 12.5. The highest BCUT2D eigenvalue weighted by Crippen LogP contribution is 2.01. The number of carbonyl (C=O) groups excluding carboxylic acids is 3. The van der Waals surface area contributed by atoms with Crippen LogP contribution in [0, 0.1) is 0 Å². The summed E-state index contributed by atoms with van der Waals surface area (Å²) in [6.45, 7) is 0.411. The number of nitrogens with one attached hydrogen (secondary N) is 3. The summed E-state index contributed by atoms with van der Waals surface area (Å²) in [6, 6.07) is -6.15. The van der Waals surface area contributed by atoms with Gasteiger partial charge in [0.05, 0.1) is 25.2 Å². The SMILES string of the molecule is CC(O)C(NC(=O)C(N)CCCN=C(N)N)C(=O)NC(CO)C(=O)NC(CC(=O)O)C(=O)O. The summed E-state index contributed by atoms with van der Waals surface area (Å²) in [5, 5.41) is 43.1. The molecule has 0 saturated carbocycles. The topological polar surface area (TPSA) is 293 Å². The van der Waals surface area contributed by atoms with Crippen molar-refractivity contribution in [3.8, 4) is 0 Å². The van der Waals surface area contributed by atoms with Crippen LogP contribution >= 0.6 is 0 Å². The van der Waals surface area contributed by atoms with Gasteiger partial charge in [-0.3, -0.25) is 24.2 Å². The maximum absolute atomic E-state index is 12.5. The molecule has 33 heavy (non-hydrogen) atoms. The number of nitrogens with two attached hydrogens (primary N) is 3. The molecule has 16 nitrogen and oxygen atoms in total. The Hall–Kier alpha value is -3.50. The first kappa shape index (κ1) is 29.5. The Morgan fingerprint density at radius 3 is 1.97 bits per heavy atom. The van der Waals surface area contributed by atoms with E-state index in [0.717, 1.165) is 0 Å². The molecule has 0 heterocycles. The predicted octanol–water partition coefficient (Wildman–Crippen LogP) is -5.25. The van der Waals surface area contributed by atoms with Gasteiger partial charge in [0.1, 0.15) is 18.1 Å². The van der Waals surface area contributed by atoms with Gasteiger partial charge in [0, 0.05) is 6.54 Å². The minimum Gasteiger partial charge on any atom is -0.481 e. The van der Waals surface area contributed by atoms with Crippen molar-refractivity contribution in [2.45, 2.75) is 56.5 Å². The first-order chi connectivity index (χ1) is 15.3. The number of hydrogen-bond donors (Lipinski definition) is 10. The van der Waals surface area contributed by atoms with Gasteiger partial charge in [0.25, 0.3) is 0 Å². The van der Waals surface area contributed by atoms with Gasteiger partial charge in [0.15, 0.2) is 5.96 Å². The van der Waals surface area contributed by atoms with Crippen LogP contribution in [0.25, 0.3) is 0 Å². The molecule has 3 amide bonds. The summed E-state index contributed by atoms with van der Waals surface area (Å²) < 4.78 is 0. The number of aliphatic hydroxyl groups is 2. The Labute approximate surface area is 188 Å². The minimum absolute atomic E-state index is 0.126. The van der Waals surface area contributed by atoms with Crippen molar-refractivity contribution >= 4 is 35.6 Å². The van der Waals surface area contributed by atoms with E-state index in [1.165, 1.54) is 6.92 Å². The van der Waals surface area contributed by atoms with Crippen molar-refractivity contribution in [2.24, 2.45) is 22.2 Å². The van der Waals surface area contributed by atoms with Gasteiger partial charge in [-0.15, -0.1) is 0 Å². The summed E-state index contributed by atoms with van der Waals surface area (Å²) in [5.74, 6) is -6.33. The van der Waals surface area contributed by atoms with E-state index in [-0.39, 0.29) is 18.9 Å². The number of carboxylic acids is 2. The summed E-state index contributed by atoms with van der Waals surface area (Å²) in [4.78, 5) is 62.4. The van der Waals surface area contributed by atoms with Crippen molar-refractivity contribution in [1.82, 2.24) is 16.0 Å². The molecule has 0 aromatic rings. The Kier molecular flexibility index (Phi) is 13.0. The summed E-state index contributed by atoms with van der Waals surface area (Å²) in [5.41, 5.74) is 16.1. The number of amides is 3. The summed E-state index contributed by atoms with van der Waals surface area (Å²) in [6.07, 6.45) is -1.88. The second-order valence-electron chi connectivity index (χ2n) is 7.02. The number of carboxylic acid groups (broad SMARTS) is 2. The molecular formula is C17H31N7O9. The van der Waals surface area contributed by atoms with E-state index < -0.39 is 73.0 Å². The molecule has 0 saturated heterocycles. The van der Waals surface area contributed by atoms with Gasteiger partial charge in [0.2, 0.25) is 17.7 Å². The zero-order valence-electron chi connectivity index (χ0n) is 17.9. The Morgan fingerprint density at radius 1 is 0.939 bits per heavy atom. The van der Waals surface area contributed by atoms with Crippen LogP contribution in [0.15, 0.2) is 4.99 Å². The van der Waals surface area contributed by atoms with E-state index in [1.54, 1.807) is 0 Å². The van der Waals surface area contributed by atoms with Crippen molar-refractivity contribution in [1.29, 1.82) is 0 Å². The lowest BCUT2D eigenvalue weighted by molar-refractivity contribution is -0.147. The van der Waals surface area contributed by atoms with E-state index in [2.05, 4.69) is 15.6 Å². The summed E-state index contributed by atoms with van der Waals surface area (Å²) >= 11 is 0. The van der Waals surface area contributed by atoms with Crippen LogP contribution in [0.1, 0.15) is 26.2 Å². The van der Waals surface area contributed by atoms with Crippen LogP contribution in [0.5, 0.6) is 0 Å². The number of aliphatic imine (C=N–C) groups is 1. The maximum Gasteiger partial charge on any atom is 0.326 e. The molecule has 0 spiro atoms.